The number of aldehydes is 1. The Labute approximate surface area is 115 Å². The van der Waals surface area contributed by atoms with Gasteiger partial charge in [0.25, 0.3) is 0 Å². The third-order valence-electron chi connectivity index (χ3n) is 4.24. The smallest absolute Gasteiger partial charge is 0.123 e. The Morgan fingerprint density at radius 2 is 2.12 bits per heavy atom. The van der Waals surface area contributed by atoms with E-state index in [1.165, 1.54) is 5.69 Å². The van der Waals surface area contributed by atoms with Crippen LogP contribution in [-0.2, 0) is 4.79 Å². The summed E-state index contributed by atoms with van der Waals surface area (Å²) in [5.74, 6) is 2.49. The van der Waals surface area contributed by atoms with E-state index in [9.17, 15) is 4.79 Å². The fourth-order valence-corrected chi connectivity index (χ4v) is 4.02. The summed E-state index contributed by atoms with van der Waals surface area (Å²) in [7, 11) is 0. The third kappa shape index (κ3) is 1.84. The Morgan fingerprint density at radius 1 is 1.47 bits per heavy atom. The zero-order valence-corrected chi connectivity index (χ0v) is 12.3. The van der Waals surface area contributed by atoms with Gasteiger partial charge in [0.2, 0.25) is 0 Å². The topological polar surface area (TPSA) is 34.9 Å². The molecule has 4 heteroatoms. The van der Waals surface area contributed by atoms with Gasteiger partial charge < -0.3 is 4.79 Å². The summed E-state index contributed by atoms with van der Waals surface area (Å²) >= 11 is 2.29. The SMILES string of the molecule is CC(C)n1nc(I)cc1[C@H]1[C@@H]2CC(C=O)C[C@@H]21. The number of halogens is 1. The predicted octanol–water partition coefficient (Wildman–Crippen LogP) is 3.01. The fourth-order valence-electron chi connectivity index (χ4n) is 3.47. The van der Waals surface area contributed by atoms with Gasteiger partial charge in [-0.05, 0) is 67.2 Å². The number of fused-ring (bicyclic) bond motifs is 1. The van der Waals surface area contributed by atoms with E-state index in [1.807, 2.05) is 0 Å². The highest BCUT2D eigenvalue weighted by Gasteiger charge is 2.57. The summed E-state index contributed by atoms with van der Waals surface area (Å²) in [6, 6.07) is 2.65. The Kier molecular flexibility index (Phi) is 2.80. The Balaban J connectivity index is 1.82. The van der Waals surface area contributed by atoms with Gasteiger partial charge in [0.05, 0.1) is 0 Å². The molecule has 3 nitrogen and oxygen atoms in total. The Bertz CT molecular complexity index is 442. The second-order valence-corrected chi connectivity index (χ2v) is 6.76. The molecule has 4 atom stereocenters. The molecule has 92 valence electrons. The van der Waals surface area contributed by atoms with Crippen molar-refractivity contribution in [2.45, 2.75) is 38.6 Å². The Morgan fingerprint density at radius 3 is 2.65 bits per heavy atom. The van der Waals surface area contributed by atoms with Gasteiger partial charge in [-0.3, -0.25) is 4.68 Å². The molecule has 1 heterocycles. The quantitative estimate of drug-likeness (QED) is 0.624. The van der Waals surface area contributed by atoms with E-state index in [-0.39, 0.29) is 0 Å². The van der Waals surface area contributed by atoms with E-state index in [0.29, 0.717) is 17.9 Å². The molecule has 0 saturated heterocycles. The van der Waals surface area contributed by atoms with Crippen molar-refractivity contribution in [1.82, 2.24) is 9.78 Å². The van der Waals surface area contributed by atoms with Crippen molar-refractivity contribution in [3.63, 3.8) is 0 Å². The van der Waals surface area contributed by atoms with Gasteiger partial charge in [-0.1, -0.05) is 0 Å². The van der Waals surface area contributed by atoms with Gasteiger partial charge in [0.1, 0.15) is 9.99 Å². The molecule has 2 fully saturated rings. The first-order chi connectivity index (χ1) is 8.11. The largest absolute Gasteiger partial charge is 0.303 e. The van der Waals surface area contributed by atoms with Crippen molar-refractivity contribution in [3.05, 3.63) is 15.5 Å². The Hall–Kier alpha value is -0.390. The second-order valence-electron chi connectivity index (χ2n) is 5.65. The summed E-state index contributed by atoms with van der Waals surface area (Å²) < 4.78 is 3.25. The van der Waals surface area contributed by atoms with Crippen molar-refractivity contribution in [3.8, 4) is 0 Å². The van der Waals surface area contributed by atoms with Crippen LogP contribution in [0.1, 0.15) is 44.3 Å². The zero-order valence-electron chi connectivity index (χ0n) is 10.1. The van der Waals surface area contributed by atoms with Crippen LogP contribution in [0.4, 0.5) is 0 Å². The fraction of sp³-hybridized carbons (Fsp3) is 0.692. The molecule has 0 amide bonds. The van der Waals surface area contributed by atoms with E-state index in [4.69, 9.17) is 0 Å². The van der Waals surface area contributed by atoms with Crippen LogP contribution < -0.4 is 0 Å². The molecule has 1 aromatic rings. The molecule has 0 aliphatic heterocycles. The predicted molar refractivity (Wildman–Crippen MR) is 73.8 cm³/mol. The lowest BCUT2D eigenvalue weighted by molar-refractivity contribution is -0.111. The summed E-state index contributed by atoms with van der Waals surface area (Å²) in [6.45, 7) is 4.36. The van der Waals surface area contributed by atoms with Crippen LogP contribution >= 0.6 is 22.6 Å². The van der Waals surface area contributed by atoms with Crippen LogP contribution in [-0.4, -0.2) is 16.1 Å². The summed E-state index contributed by atoms with van der Waals surface area (Å²) in [5, 5.41) is 4.57. The molecule has 3 rings (SSSR count). The number of hydrogen-bond acceptors (Lipinski definition) is 2. The van der Waals surface area contributed by atoms with E-state index in [1.54, 1.807) is 0 Å². The number of hydrogen-bond donors (Lipinski definition) is 0. The van der Waals surface area contributed by atoms with Crippen molar-refractivity contribution >= 4 is 28.9 Å². The zero-order chi connectivity index (χ0) is 12.2. The molecular formula is C13H17IN2O. The maximum atomic E-state index is 10.8. The minimum Gasteiger partial charge on any atom is -0.303 e. The van der Waals surface area contributed by atoms with Crippen LogP contribution in [0.2, 0.25) is 0 Å². The van der Waals surface area contributed by atoms with Crippen molar-refractivity contribution in [2.75, 3.05) is 0 Å². The van der Waals surface area contributed by atoms with Crippen LogP contribution in [0.3, 0.4) is 0 Å². The van der Waals surface area contributed by atoms with Crippen molar-refractivity contribution in [2.24, 2.45) is 17.8 Å². The van der Waals surface area contributed by atoms with Gasteiger partial charge in [-0.25, -0.2) is 0 Å². The first-order valence-corrected chi connectivity index (χ1v) is 7.40. The molecule has 1 aromatic heterocycles. The van der Waals surface area contributed by atoms with E-state index in [0.717, 1.165) is 34.7 Å². The van der Waals surface area contributed by atoms with Gasteiger partial charge in [-0.15, -0.1) is 0 Å². The lowest BCUT2D eigenvalue weighted by atomic mass is 10.00. The maximum Gasteiger partial charge on any atom is 0.123 e. The first-order valence-electron chi connectivity index (χ1n) is 6.32. The molecule has 0 radical (unpaired) electrons. The molecule has 1 unspecified atom stereocenters. The molecular weight excluding hydrogens is 327 g/mol. The number of carbonyl (C=O) groups is 1. The average molecular weight is 344 g/mol. The van der Waals surface area contributed by atoms with Gasteiger partial charge in [-0.2, -0.15) is 5.10 Å². The molecule has 2 aliphatic rings. The van der Waals surface area contributed by atoms with Crippen LogP contribution in [0.25, 0.3) is 0 Å². The third-order valence-corrected chi connectivity index (χ3v) is 4.77. The second kappa shape index (κ2) is 4.07. The van der Waals surface area contributed by atoms with Crippen LogP contribution in [0, 0.1) is 21.5 Å². The van der Waals surface area contributed by atoms with Crippen LogP contribution in [0.15, 0.2) is 6.07 Å². The van der Waals surface area contributed by atoms with Gasteiger partial charge in [0.15, 0.2) is 0 Å². The van der Waals surface area contributed by atoms with Crippen molar-refractivity contribution < 1.29 is 4.79 Å². The summed E-state index contributed by atoms with van der Waals surface area (Å²) in [5.41, 5.74) is 1.39. The monoisotopic (exact) mass is 344 g/mol. The molecule has 0 aromatic carbocycles. The maximum absolute atomic E-state index is 10.8. The summed E-state index contributed by atoms with van der Waals surface area (Å²) in [6.07, 6.45) is 3.34. The minimum absolute atomic E-state index is 0.329. The normalized spacial score (nSPS) is 35.1. The van der Waals surface area contributed by atoms with E-state index in [2.05, 4.69) is 52.3 Å². The number of nitrogens with zero attached hydrogens (tertiary/aromatic N) is 2. The highest BCUT2D eigenvalue weighted by atomic mass is 127. The molecule has 0 N–H and O–H groups in total. The highest BCUT2D eigenvalue weighted by Crippen LogP contribution is 2.64. The highest BCUT2D eigenvalue weighted by molar-refractivity contribution is 14.1. The van der Waals surface area contributed by atoms with E-state index < -0.39 is 0 Å². The molecule has 2 saturated carbocycles. The number of rotatable bonds is 3. The average Bonchev–Trinajstić information content (AvgIpc) is 2.66. The molecule has 0 spiro atoms. The number of aromatic nitrogens is 2. The van der Waals surface area contributed by atoms with Gasteiger partial charge in [0, 0.05) is 23.6 Å². The molecule has 0 bridgehead atoms. The van der Waals surface area contributed by atoms with Gasteiger partial charge >= 0.3 is 0 Å². The first kappa shape index (κ1) is 11.7. The van der Waals surface area contributed by atoms with Crippen molar-refractivity contribution in [1.29, 1.82) is 0 Å². The van der Waals surface area contributed by atoms with E-state index >= 15 is 0 Å². The number of carbonyl (C=O) groups excluding carboxylic acids is 1. The lowest BCUT2D eigenvalue weighted by Gasteiger charge is -2.13. The molecule has 2 aliphatic carbocycles. The summed E-state index contributed by atoms with van der Waals surface area (Å²) in [4.78, 5) is 10.8. The van der Waals surface area contributed by atoms with Crippen LogP contribution in [0.5, 0.6) is 0 Å². The lowest BCUT2D eigenvalue weighted by Crippen LogP contribution is -2.09. The minimum atomic E-state index is 0.329. The standard InChI is InChI=1S/C13H17IN2O/c1-7(2)16-11(5-12(14)15-16)13-9-3-8(6-17)4-10(9)13/h5-10,13H,3-4H2,1-2H3/t8?,9-,10+,13+. The molecule has 17 heavy (non-hydrogen) atoms.